The van der Waals surface area contributed by atoms with Crippen LogP contribution in [0.25, 0.3) is 5.69 Å². The van der Waals surface area contributed by atoms with Crippen molar-refractivity contribution in [2.24, 2.45) is 0 Å². The van der Waals surface area contributed by atoms with Crippen LogP contribution in [0.2, 0.25) is 0 Å². The quantitative estimate of drug-likeness (QED) is 0.564. The molecule has 30 heavy (non-hydrogen) atoms. The predicted molar refractivity (Wildman–Crippen MR) is 120 cm³/mol. The molecule has 0 unspecified atom stereocenters. The van der Waals surface area contributed by atoms with Crippen LogP contribution in [0.3, 0.4) is 0 Å². The van der Waals surface area contributed by atoms with Gasteiger partial charge in [0.15, 0.2) is 0 Å². The Bertz CT molecular complexity index is 1180. The number of halogens is 1. The Labute approximate surface area is 183 Å². The molecule has 2 heterocycles. The normalized spacial score (nSPS) is 15.7. The van der Waals surface area contributed by atoms with Crippen LogP contribution < -0.4 is 10.5 Å². The van der Waals surface area contributed by atoms with Crippen molar-refractivity contribution in [1.82, 2.24) is 14.1 Å². The Morgan fingerprint density at radius 2 is 1.57 bits per heavy atom. The SMILES string of the molecule is O=c1ccc(N2CCCN(S(=O)(=O)c3ccc(Br)cc3)CC2)nn1-c1ccccc1. The van der Waals surface area contributed by atoms with Crippen LogP contribution in [0, 0.1) is 0 Å². The summed E-state index contributed by atoms with van der Waals surface area (Å²) < 4.78 is 29.7. The minimum atomic E-state index is -3.56. The van der Waals surface area contributed by atoms with Gasteiger partial charge in [-0.05, 0) is 48.9 Å². The van der Waals surface area contributed by atoms with E-state index in [1.165, 1.54) is 15.1 Å². The molecule has 4 rings (SSSR count). The number of anilines is 1. The highest BCUT2D eigenvalue weighted by molar-refractivity contribution is 9.10. The molecule has 0 bridgehead atoms. The number of hydrogen-bond donors (Lipinski definition) is 0. The number of nitrogens with zero attached hydrogens (tertiary/aromatic N) is 4. The van der Waals surface area contributed by atoms with Crippen LogP contribution >= 0.6 is 15.9 Å². The highest BCUT2D eigenvalue weighted by Gasteiger charge is 2.27. The fourth-order valence-electron chi connectivity index (χ4n) is 3.44. The van der Waals surface area contributed by atoms with Crippen LogP contribution in [0.15, 0.2) is 80.9 Å². The summed E-state index contributed by atoms with van der Waals surface area (Å²) in [6.07, 6.45) is 0.669. The van der Waals surface area contributed by atoms with Gasteiger partial charge in [-0.25, -0.2) is 8.42 Å². The maximum absolute atomic E-state index is 13.0. The first-order chi connectivity index (χ1) is 14.4. The van der Waals surface area contributed by atoms with Gasteiger partial charge >= 0.3 is 0 Å². The second kappa shape index (κ2) is 8.71. The van der Waals surface area contributed by atoms with Gasteiger partial charge in [0, 0.05) is 36.7 Å². The molecule has 9 heteroatoms. The highest BCUT2D eigenvalue weighted by atomic mass is 79.9. The minimum absolute atomic E-state index is 0.209. The van der Waals surface area contributed by atoms with Crippen molar-refractivity contribution in [2.75, 3.05) is 31.1 Å². The standard InChI is InChI=1S/C21H21BrN4O3S/c22-17-7-9-19(10-8-17)30(28,29)25-14-4-13-24(15-16-25)20-11-12-21(27)26(23-20)18-5-2-1-3-6-18/h1-3,5-12H,4,13-16H2. The van der Waals surface area contributed by atoms with E-state index >= 15 is 0 Å². The Kier molecular flexibility index (Phi) is 6.03. The first-order valence-electron chi connectivity index (χ1n) is 9.62. The molecule has 0 saturated carbocycles. The molecule has 1 aliphatic rings. The smallest absolute Gasteiger partial charge is 0.271 e. The Morgan fingerprint density at radius 1 is 0.833 bits per heavy atom. The second-order valence-electron chi connectivity index (χ2n) is 6.98. The molecule has 0 N–H and O–H groups in total. The predicted octanol–water partition coefficient (Wildman–Crippen LogP) is 2.90. The molecule has 0 atom stereocenters. The summed E-state index contributed by atoms with van der Waals surface area (Å²) >= 11 is 3.34. The average molecular weight is 489 g/mol. The van der Waals surface area contributed by atoms with Crippen molar-refractivity contribution in [3.05, 3.63) is 81.6 Å². The third-order valence-corrected chi connectivity index (χ3v) is 7.46. The molecule has 1 fully saturated rings. The number of benzene rings is 2. The minimum Gasteiger partial charge on any atom is -0.354 e. The van der Waals surface area contributed by atoms with Crippen molar-refractivity contribution < 1.29 is 8.42 Å². The molecule has 1 saturated heterocycles. The van der Waals surface area contributed by atoms with Crippen molar-refractivity contribution in [3.63, 3.8) is 0 Å². The number of hydrogen-bond acceptors (Lipinski definition) is 5. The van der Waals surface area contributed by atoms with E-state index in [1.807, 2.05) is 35.2 Å². The van der Waals surface area contributed by atoms with Gasteiger partial charge < -0.3 is 4.90 Å². The Hall–Kier alpha value is -2.49. The summed E-state index contributed by atoms with van der Waals surface area (Å²) in [5.41, 5.74) is 0.484. The van der Waals surface area contributed by atoms with Crippen LogP contribution in [0.5, 0.6) is 0 Å². The van der Waals surface area contributed by atoms with Gasteiger partial charge in [-0.1, -0.05) is 34.1 Å². The van der Waals surface area contributed by atoms with Crippen molar-refractivity contribution in [2.45, 2.75) is 11.3 Å². The third-order valence-electron chi connectivity index (χ3n) is 5.02. The van der Waals surface area contributed by atoms with Gasteiger partial charge in [0.2, 0.25) is 10.0 Å². The maximum atomic E-state index is 13.0. The number of sulfonamides is 1. The molecule has 156 valence electrons. The number of aromatic nitrogens is 2. The molecule has 7 nitrogen and oxygen atoms in total. The van der Waals surface area contributed by atoms with Gasteiger partial charge in [0.1, 0.15) is 5.82 Å². The van der Waals surface area contributed by atoms with E-state index in [0.29, 0.717) is 44.1 Å². The molecule has 0 radical (unpaired) electrons. The van der Waals surface area contributed by atoms with E-state index in [2.05, 4.69) is 21.0 Å². The summed E-state index contributed by atoms with van der Waals surface area (Å²) in [6, 6.07) is 19.1. The molecule has 0 spiro atoms. The van der Waals surface area contributed by atoms with E-state index in [1.54, 1.807) is 30.3 Å². The van der Waals surface area contributed by atoms with Gasteiger partial charge in [0.25, 0.3) is 5.56 Å². The molecular weight excluding hydrogens is 468 g/mol. The van der Waals surface area contributed by atoms with Gasteiger partial charge in [-0.15, -0.1) is 5.10 Å². The maximum Gasteiger partial charge on any atom is 0.271 e. The molecule has 0 aliphatic carbocycles. The van der Waals surface area contributed by atoms with Crippen LogP contribution in [-0.4, -0.2) is 48.7 Å². The van der Waals surface area contributed by atoms with Crippen molar-refractivity contribution >= 4 is 31.8 Å². The lowest BCUT2D eigenvalue weighted by molar-refractivity contribution is 0.433. The highest BCUT2D eigenvalue weighted by Crippen LogP contribution is 2.21. The van der Waals surface area contributed by atoms with E-state index in [0.717, 1.165) is 4.47 Å². The second-order valence-corrected chi connectivity index (χ2v) is 9.83. The topological polar surface area (TPSA) is 75.5 Å². The van der Waals surface area contributed by atoms with Crippen molar-refractivity contribution in [3.8, 4) is 5.69 Å². The molecule has 1 aromatic heterocycles. The Morgan fingerprint density at radius 3 is 2.30 bits per heavy atom. The lowest BCUT2D eigenvalue weighted by Crippen LogP contribution is -2.36. The van der Waals surface area contributed by atoms with E-state index < -0.39 is 10.0 Å². The summed E-state index contributed by atoms with van der Waals surface area (Å²) in [5.74, 6) is 0.654. The third kappa shape index (κ3) is 4.33. The van der Waals surface area contributed by atoms with E-state index in [4.69, 9.17) is 0 Å². The summed E-state index contributed by atoms with van der Waals surface area (Å²) in [4.78, 5) is 14.6. The molecule has 0 amide bonds. The van der Waals surface area contributed by atoms with Crippen LogP contribution in [0.1, 0.15) is 6.42 Å². The van der Waals surface area contributed by atoms with E-state index in [-0.39, 0.29) is 10.5 Å². The summed E-state index contributed by atoms with van der Waals surface area (Å²) in [7, 11) is -3.56. The molecule has 3 aromatic rings. The zero-order valence-electron chi connectivity index (χ0n) is 16.2. The summed E-state index contributed by atoms with van der Waals surface area (Å²) in [6.45, 7) is 1.94. The van der Waals surface area contributed by atoms with Crippen LogP contribution in [-0.2, 0) is 10.0 Å². The van der Waals surface area contributed by atoms with Gasteiger partial charge in [-0.3, -0.25) is 4.79 Å². The van der Waals surface area contributed by atoms with Gasteiger partial charge in [-0.2, -0.15) is 8.99 Å². The van der Waals surface area contributed by atoms with Crippen molar-refractivity contribution in [1.29, 1.82) is 0 Å². The van der Waals surface area contributed by atoms with E-state index in [9.17, 15) is 13.2 Å². The summed E-state index contributed by atoms with van der Waals surface area (Å²) in [5, 5.41) is 4.52. The van der Waals surface area contributed by atoms with Gasteiger partial charge in [0.05, 0.1) is 10.6 Å². The largest absolute Gasteiger partial charge is 0.354 e. The average Bonchev–Trinajstić information content (AvgIpc) is 3.02. The zero-order valence-corrected chi connectivity index (χ0v) is 18.6. The lowest BCUT2D eigenvalue weighted by atomic mass is 10.3. The zero-order chi connectivity index (χ0) is 21.1. The van der Waals surface area contributed by atoms with Crippen LogP contribution in [0.4, 0.5) is 5.82 Å². The fraction of sp³-hybridized carbons (Fsp3) is 0.238. The first-order valence-corrected chi connectivity index (χ1v) is 11.8. The monoisotopic (exact) mass is 488 g/mol. The fourth-order valence-corrected chi connectivity index (χ4v) is 5.18. The molecule has 2 aromatic carbocycles. The Balaban J connectivity index is 1.55. The molecule has 1 aliphatic heterocycles. The molecular formula is C21H21BrN4O3S. The number of para-hydroxylation sites is 1. The number of rotatable bonds is 4. The lowest BCUT2D eigenvalue weighted by Gasteiger charge is -2.23. The first kappa shape index (κ1) is 20.8.